The molecular weight excluding hydrogens is 417 g/mol. The number of nitriles is 1. The van der Waals surface area contributed by atoms with Crippen LogP contribution in [0.3, 0.4) is 0 Å². The van der Waals surface area contributed by atoms with E-state index < -0.39 is 11.8 Å². The fourth-order valence-corrected chi connectivity index (χ4v) is 4.62. The summed E-state index contributed by atoms with van der Waals surface area (Å²) < 4.78 is 14.0. The number of nitrogens with zero attached hydrogens (tertiary/aromatic N) is 1. The largest absolute Gasteiger partial charge is 0.481 e. The van der Waals surface area contributed by atoms with Crippen LogP contribution in [-0.4, -0.2) is 24.2 Å². The van der Waals surface area contributed by atoms with Gasteiger partial charge in [-0.25, -0.2) is 4.39 Å². The Labute approximate surface area is 192 Å². The molecule has 0 amide bonds. The molecule has 33 heavy (non-hydrogen) atoms. The number of hydrogen-bond donors (Lipinski definition) is 3. The minimum atomic E-state index is -0.976. The zero-order valence-electron chi connectivity index (χ0n) is 18.2. The summed E-state index contributed by atoms with van der Waals surface area (Å²) in [5.41, 5.74) is 5.15. The van der Waals surface area contributed by atoms with Crippen LogP contribution < -0.4 is 10.6 Å². The first-order valence-electron chi connectivity index (χ1n) is 11.1. The van der Waals surface area contributed by atoms with Crippen LogP contribution in [0.2, 0.25) is 0 Å². The molecule has 0 aromatic heterocycles. The molecule has 0 aliphatic carbocycles. The lowest BCUT2D eigenvalue weighted by molar-refractivity contribution is -0.136. The number of benzene rings is 3. The molecule has 0 bridgehead atoms. The van der Waals surface area contributed by atoms with Gasteiger partial charge >= 0.3 is 5.97 Å². The molecule has 1 aliphatic heterocycles. The van der Waals surface area contributed by atoms with E-state index in [0.717, 1.165) is 35.3 Å². The molecule has 2 atom stereocenters. The van der Waals surface area contributed by atoms with Gasteiger partial charge < -0.3 is 15.7 Å². The Bertz CT molecular complexity index is 1170. The van der Waals surface area contributed by atoms with Crippen LogP contribution in [0.5, 0.6) is 0 Å². The van der Waals surface area contributed by atoms with Crippen molar-refractivity contribution in [3.05, 3.63) is 100 Å². The summed E-state index contributed by atoms with van der Waals surface area (Å²) in [5, 5.41) is 25.7. The molecule has 3 aromatic rings. The van der Waals surface area contributed by atoms with E-state index in [9.17, 15) is 14.4 Å². The van der Waals surface area contributed by atoms with Gasteiger partial charge in [-0.3, -0.25) is 4.79 Å². The van der Waals surface area contributed by atoms with Crippen LogP contribution in [0.4, 0.5) is 10.1 Å². The van der Waals surface area contributed by atoms with E-state index in [0.29, 0.717) is 24.1 Å². The highest BCUT2D eigenvalue weighted by atomic mass is 19.1. The van der Waals surface area contributed by atoms with Crippen molar-refractivity contribution in [2.75, 3.05) is 18.4 Å². The number of nitrogens with one attached hydrogen (secondary N) is 2. The lowest BCUT2D eigenvalue weighted by atomic mass is 9.83. The van der Waals surface area contributed by atoms with Gasteiger partial charge in [0.2, 0.25) is 0 Å². The molecule has 0 unspecified atom stereocenters. The van der Waals surface area contributed by atoms with Crippen LogP contribution in [0, 0.1) is 23.1 Å². The lowest BCUT2D eigenvalue weighted by Gasteiger charge is -2.34. The number of anilines is 1. The van der Waals surface area contributed by atoms with Gasteiger partial charge in [0.15, 0.2) is 0 Å². The van der Waals surface area contributed by atoms with E-state index in [1.165, 1.54) is 12.1 Å². The zero-order chi connectivity index (χ0) is 23.2. The van der Waals surface area contributed by atoms with Crippen molar-refractivity contribution < 1.29 is 14.3 Å². The Balaban J connectivity index is 1.51. The van der Waals surface area contributed by atoms with Gasteiger partial charge in [0.25, 0.3) is 0 Å². The van der Waals surface area contributed by atoms with Crippen LogP contribution in [0.15, 0.2) is 66.7 Å². The second kappa shape index (κ2) is 10.3. The number of carboxylic acid groups (broad SMARTS) is 1. The normalized spacial score (nSPS) is 15.7. The lowest BCUT2D eigenvalue weighted by Crippen LogP contribution is -2.37. The molecule has 3 N–H and O–H groups in total. The van der Waals surface area contributed by atoms with Crippen molar-refractivity contribution >= 4 is 11.7 Å². The SMILES string of the molecule is N#Cc1cccc2c1C[C@@H]([C@H](NCCc1cc(F)cc(CC(=O)O)c1)c1ccccc1)CN2. The number of carboxylic acids is 1. The Morgan fingerprint density at radius 1 is 1.15 bits per heavy atom. The van der Waals surface area contributed by atoms with Crippen LogP contribution >= 0.6 is 0 Å². The fraction of sp³-hybridized carbons (Fsp3) is 0.259. The molecule has 0 radical (unpaired) electrons. The minimum absolute atomic E-state index is 0.0469. The fourth-order valence-electron chi connectivity index (χ4n) is 4.62. The average molecular weight is 444 g/mol. The number of rotatable bonds is 8. The smallest absolute Gasteiger partial charge is 0.307 e. The first-order chi connectivity index (χ1) is 16.0. The molecule has 1 aliphatic rings. The maximum atomic E-state index is 14.0. The van der Waals surface area contributed by atoms with Crippen LogP contribution in [-0.2, 0) is 24.1 Å². The van der Waals surface area contributed by atoms with Gasteiger partial charge in [0, 0.05) is 18.3 Å². The first kappa shape index (κ1) is 22.5. The second-order valence-electron chi connectivity index (χ2n) is 8.42. The molecule has 0 saturated heterocycles. The minimum Gasteiger partial charge on any atom is -0.481 e. The maximum absolute atomic E-state index is 14.0. The summed E-state index contributed by atoms with van der Waals surface area (Å²) in [5.74, 6) is -1.17. The number of hydrogen-bond acceptors (Lipinski definition) is 4. The standard InChI is InChI=1S/C27H26FN3O2/c28-23-12-18(11-19(13-23)14-26(32)33)9-10-30-27(20-5-2-1-3-6-20)22-15-24-21(16-29)7-4-8-25(24)31-17-22/h1-8,11-13,22,27,30-31H,9-10,14-15,17H2,(H,32,33)/t22-,27-/m1/s1. The number of fused-ring (bicyclic) bond motifs is 1. The summed E-state index contributed by atoms with van der Waals surface area (Å²) in [4.78, 5) is 11.0. The molecule has 6 heteroatoms. The summed E-state index contributed by atoms with van der Waals surface area (Å²) in [6.45, 7) is 1.38. The third-order valence-electron chi connectivity index (χ3n) is 6.10. The van der Waals surface area contributed by atoms with Gasteiger partial charge in [-0.2, -0.15) is 5.26 Å². The first-order valence-corrected chi connectivity index (χ1v) is 11.1. The monoisotopic (exact) mass is 443 g/mol. The maximum Gasteiger partial charge on any atom is 0.307 e. The van der Waals surface area contributed by atoms with E-state index in [4.69, 9.17) is 5.11 Å². The Kier molecular flexibility index (Phi) is 7.01. The van der Waals surface area contributed by atoms with Crippen molar-refractivity contribution in [3.63, 3.8) is 0 Å². The van der Waals surface area contributed by atoms with Gasteiger partial charge in [0.05, 0.1) is 18.1 Å². The van der Waals surface area contributed by atoms with E-state index in [2.05, 4.69) is 28.8 Å². The topological polar surface area (TPSA) is 85.2 Å². The van der Waals surface area contributed by atoms with Crippen molar-refractivity contribution in [3.8, 4) is 6.07 Å². The predicted octanol–water partition coefficient (Wildman–Crippen LogP) is 4.48. The Morgan fingerprint density at radius 3 is 2.70 bits per heavy atom. The van der Waals surface area contributed by atoms with Crippen molar-refractivity contribution in [1.29, 1.82) is 5.26 Å². The Morgan fingerprint density at radius 2 is 1.94 bits per heavy atom. The number of carbonyl (C=O) groups is 1. The third kappa shape index (κ3) is 5.57. The van der Waals surface area contributed by atoms with E-state index >= 15 is 0 Å². The summed E-state index contributed by atoms with van der Waals surface area (Å²) >= 11 is 0. The molecule has 3 aromatic carbocycles. The highest BCUT2D eigenvalue weighted by molar-refractivity contribution is 5.70. The molecule has 0 spiro atoms. The van der Waals surface area contributed by atoms with Crippen molar-refractivity contribution in [2.24, 2.45) is 5.92 Å². The molecule has 0 fully saturated rings. The molecule has 4 rings (SSSR count). The van der Waals surface area contributed by atoms with Gasteiger partial charge in [-0.1, -0.05) is 42.5 Å². The quantitative estimate of drug-likeness (QED) is 0.478. The molecular formula is C27H26FN3O2. The average Bonchev–Trinajstić information content (AvgIpc) is 2.81. The summed E-state index contributed by atoms with van der Waals surface area (Å²) in [6.07, 6.45) is 1.16. The number of halogens is 1. The third-order valence-corrected chi connectivity index (χ3v) is 6.10. The highest BCUT2D eigenvalue weighted by Gasteiger charge is 2.28. The summed E-state index contributed by atoms with van der Waals surface area (Å²) in [6, 6.07) is 22.8. The Hall–Kier alpha value is -3.69. The summed E-state index contributed by atoms with van der Waals surface area (Å²) in [7, 11) is 0. The van der Waals surface area contributed by atoms with E-state index in [1.54, 1.807) is 6.07 Å². The van der Waals surface area contributed by atoms with Crippen LogP contribution in [0.1, 0.15) is 33.9 Å². The zero-order valence-corrected chi connectivity index (χ0v) is 18.2. The van der Waals surface area contributed by atoms with Crippen LogP contribution in [0.25, 0.3) is 0 Å². The number of aliphatic carboxylic acids is 1. The van der Waals surface area contributed by atoms with Gasteiger partial charge in [-0.15, -0.1) is 0 Å². The van der Waals surface area contributed by atoms with Crippen molar-refractivity contribution in [2.45, 2.75) is 25.3 Å². The molecule has 5 nitrogen and oxygen atoms in total. The van der Waals surface area contributed by atoms with E-state index in [1.807, 2.05) is 36.4 Å². The van der Waals surface area contributed by atoms with E-state index in [-0.39, 0.29) is 18.4 Å². The van der Waals surface area contributed by atoms with Crippen molar-refractivity contribution in [1.82, 2.24) is 5.32 Å². The molecule has 0 saturated carbocycles. The van der Waals surface area contributed by atoms with Gasteiger partial charge in [0.1, 0.15) is 5.82 Å². The predicted molar refractivity (Wildman–Crippen MR) is 125 cm³/mol. The molecule has 168 valence electrons. The van der Waals surface area contributed by atoms with Gasteiger partial charge in [-0.05, 0) is 71.8 Å². The highest BCUT2D eigenvalue weighted by Crippen LogP contribution is 2.34. The molecule has 1 heterocycles. The second-order valence-corrected chi connectivity index (χ2v) is 8.42.